The van der Waals surface area contributed by atoms with Crippen LogP contribution in [0, 0.1) is 46.8 Å². The van der Waals surface area contributed by atoms with Gasteiger partial charge in [-0.15, -0.1) is 0 Å². The fourth-order valence-electron chi connectivity index (χ4n) is 6.48. The molecular formula is C28H44O8. The van der Waals surface area contributed by atoms with Gasteiger partial charge >= 0.3 is 11.9 Å². The van der Waals surface area contributed by atoms with Crippen molar-refractivity contribution in [2.45, 2.75) is 86.4 Å². The molecule has 0 saturated carbocycles. The van der Waals surface area contributed by atoms with Gasteiger partial charge in [-0.25, -0.2) is 0 Å². The summed E-state index contributed by atoms with van der Waals surface area (Å²) in [5.41, 5.74) is -2.21. The van der Waals surface area contributed by atoms with Crippen LogP contribution < -0.4 is 0 Å². The van der Waals surface area contributed by atoms with E-state index in [1.54, 1.807) is 41.7 Å². The van der Waals surface area contributed by atoms with Crippen LogP contribution in [0.15, 0.2) is 0 Å². The minimum Gasteiger partial charge on any atom is -0.458 e. The van der Waals surface area contributed by atoms with Gasteiger partial charge in [-0.2, -0.15) is 0 Å². The average molecular weight is 509 g/mol. The van der Waals surface area contributed by atoms with Crippen molar-refractivity contribution in [3.05, 3.63) is 0 Å². The van der Waals surface area contributed by atoms with Crippen LogP contribution >= 0.6 is 0 Å². The van der Waals surface area contributed by atoms with Crippen LogP contribution in [0.5, 0.6) is 0 Å². The fraction of sp³-hybridized carbons (Fsp3) is 0.821. The van der Waals surface area contributed by atoms with Crippen LogP contribution in [0.2, 0.25) is 0 Å². The van der Waals surface area contributed by atoms with Crippen LogP contribution in [0.25, 0.3) is 0 Å². The molecule has 2 heterocycles. The minimum absolute atomic E-state index is 0.0854. The Morgan fingerprint density at radius 1 is 0.972 bits per heavy atom. The molecule has 204 valence electrons. The average Bonchev–Trinajstić information content (AvgIpc) is 3.11. The van der Waals surface area contributed by atoms with Gasteiger partial charge in [0.15, 0.2) is 5.60 Å². The molecule has 0 amide bonds. The zero-order valence-corrected chi connectivity index (χ0v) is 23.3. The third kappa shape index (κ3) is 5.43. The summed E-state index contributed by atoms with van der Waals surface area (Å²) in [6, 6.07) is 0. The molecule has 0 spiro atoms. The van der Waals surface area contributed by atoms with E-state index in [0.717, 1.165) is 6.29 Å². The summed E-state index contributed by atoms with van der Waals surface area (Å²) in [7, 11) is 1.54. The highest BCUT2D eigenvalue weighted by Gasteiger charge is 2.60. The van der Waals surface area contributed by atoms with Crippen LogP contribution in [-0.4, -0.2) is 55.2 Å². The molecule has 10 atom stereocenters. The molecule has 0 radical (unpaired) electrons. The van der Waals surface area contributed by atoms with Crippen molar-refractivity contribution in [1.29, 1.82) is 0 Å². The van der Waals surface area contributed by atoms with E-state index < -0.39 is 70.5 Å². The summed E-state index contributed by atoms with van der Waals surface area (Å²) in [5.74, 6) is -5.87. The Balaban J connectivity index is 2.66. The van der Waals surface area contributed by atoms with Crippen LogP contribution in [0.1, 0.15) is 74.7 Å². The molecule has 0 aliphatic carbocycles. The maximum Gasteiger partial charge on any atom is 0.316 e. The number of Topliss-reactive ketones (excluding diaryl/α,β-unsaturated/α-hetero) is 2. The van der Waals surface area contributed by atoms with Crippen molar-refractivity contribution in [3.8, 4) is 0 Å². The first-order valence-electron chi connectivity index (χ1n) is 13.2. The summed E-state index contributed by atoms with van der Waals surface area (Å²) in [4.78, 5) is 65.6. The summed E-state index contributed by atoms with van der Waals surface area (Å²) in [5, 5.41) is 0. The first-order valence-corrected chi connectivity index (χ1v) is 13.2. The smallest absolute Gasteiger partial charge is 0.316 e. The largest absolute Gasteiger partial charge is 0.458 e. The van der Waals surface area contributed by atoms with Gasteiger partial charge < -0.3 is 19.0 Å². The van der Waals surface area contributed by atoms with Gasteiger partial charge in [-0.3, -0.25) is 19.2 Å². The van der Waals surface area contributed by atoms with Crippen molar-refractivity contribution in [1.82, 2.24) is 0 Å². The monoisotopic (exact) mass is 508 g/mol. The van der Waals surface area contributed by atoms with Crippen molar-refractivity contribution >= 4 is 29.8 Å². The maximum atomic E-state index is 13.8. The molecule has 0 aromatic rings. The van der Waals surface area contributed by atoms with Gasteiger partial charge in [0.05, 0.1) is 5.92 Å². The molecule has 2 saturated heterocycles. The van der Waals surface area contributed by atoms with E-state index in [1.807, 2.05) is 13.8 Å². The van der Waals surface area contributed by atoms with E-state index in [4.69, 9.17) is 14.2 Å². The Bertz CT molecular complexity index is 868. The lowest BCUT2D eigenvalue weighted by Gasteiger charge is -2.42. The molecule has 0 aromatic carbocycles. The fourth-order valence-corrected chi connectivity index (χ4v) is 6.48. The second kappa shape index (κ2) is 11.5. The molecule has 2 fully saturated rings. The summed E-state index contributed by atoms with van der Waals surface area (Å²) in [6.07, 6.45) is 0.959. The molecule has 2 rings (SSSR count). The number of hydrogen-bond donors (Lipinski definition) is 0. The van der Waals surface area contributed by atoms with Gasteiger partial charge in [0.1, 0.15) is 29.9 Å². The molecule has 36 heavy (non-hydrogen) atoms. The second-order valence-corrected chi connectivity index (χ2v) is 11.5. The highest BCUT2D eigenvalue weighted by Crippen LogP contribution is 2.49. The molecular weight excluding hydrogens is 464 g/mol. The lowest BCUT2D eigenvalue weighted by molar-refractivity contribution is -0.183. The molecule has 2 aliphatic heterocycles. The highest BCUT2D eigenvalue weighted by molar-refractivity contribution is 6.00. The number of hydrogen-bond acceptors (Lipinski definition) is 8. The van der Waals surface area contributed by atoms with Gasteiger partial charge in [-0.1, -0.05) is 41.5 Å². The number of aldehydes is 1. The number of ketones is 2. The molecule has 0 N–H and O–H groups in total. The van der Waals surface area contributed by atoms with Gasteiger partial charge in [0, 0.05) is 42.8 Å². The molecule has 0 aromatic heterocycles. The third-order valence-electron chi connectivity index (χ3n) is 9.13. The maximum absolute atomic E-state index is 13.8. The topological polar surface area (TPSA) is 113 Å². The minimum atomic E-state index is -1.26. The van der Waals surface area contributed by atoms with Gasteiger partial charge in [0.2, 0.25) is 0 Å². The number of carbonyl (C=O) groups is 5. The number of ether oxygens (including phenoxy) is 3. The lowest BCUT2D eigenvalue weighted by Crippen LogP contribution is -2.52. The predicted molar refractivity (Wildman–Crippen MR) is 133 cm³/mol. The van der Waals surface area contributed by atoms with Crippen LogP contribution in [0.3, 0.4) is 0 Å². The SMILES string of the molecule is CC[C@H]1OC(=O)[C@H](C)C(=O)[C@H](C)[C@@H](C)[C@](C)(C=O)C[C@@H](C)C(=O)[C@H](C)[C@H]2[C@H](CCOC)C(=O)O[C@@]21C. The molecule has 2 aliphatic rings. The van der Waals surface area contributed by atoms with Crippen molar-refractivity contribution in [3.63, 3.8) is 0 Å². The van der Waals surface area contributed by atoms with Gasteiger partial charge in [0.25, 0.3) is 0 Å². The summed E-state index contributed by atoms with van der Waals surface area (Å²) >= 11 is 0. The van der Waals surface area contributed by atoms with Crippen molar-refractivity contribution in [2.75, 3.05) is 13.7 Å². The first kappa shape index (κ1) is 30.1. The van der Waals surface area contributed by atoms with E-state index in [-0.39, 0.29) is 18.0 Å². The van der Waals surface area contributed by atoms with E-state index in [9.17, 15) is 24.0 Å². The number of methoxy groups -OCH3 is 1. The Hall–Kier alpha value is -2.09. The van der Waals surface area contributed by atoms with E-state index in [0.29, 0.717) is 19.4 Å². The zero-order valence-electron chi connectivity index (χ0n) is 23.3. The van der Waals surface area contributed by atoms with Crippen molar-refractivity contribution < 1.29 is 38.2 Å². The summed E-state index contributed by atoms with van der Waals surface area (Å²) in [6.45, 7) is 14.2. The standard InChI is InChI=1S/C28H44O8/c1-10-21-28(8)22(20(11-12-34-9)26(33)36-28)17(4)23(30)15(2)13-27(7,14-29)19(6)16(3)24(31)18(5)25(32)35-21/h14-22H,10-13H2,1-9H3/t15-,16-,17-,18-,19-,20+,21-,22+,27+,28-/m1/s1. The normalized spacial score (nSPS) is 42.8. The lowest BCUT2D eigenvalue weighted by atomic mass is 9.63. The van der Waals surface area contributed by atoms with E-state index >= 15 is 0 Å². The quantitative estimate of drug-likeness (QED) is 0.313. The van der Waals surface area contributed by atoms with Crippen LogP contribution in [-0.2, 0) is 38.2 Å². The number of rotatable bonds is 5. The van der Waals surface area contributed by atoms with E-state index in [2.05, 4.69) is 0 Å². The van der Waals surface area contributed by atoms with Crippen LogP contribution in [0.4, 0.5) is 0 Å². The predicted octanol–water partition coefficient (Wildman–Crippen LogP) is 3.82. The molecule has 0 bridgehead atoms. The Kier molecular flexibility index (Phi) is 9.65. The third-order valence-corrected chi connectivity index (χ3v) is 9.13. The second-order valence-electron chi connectivity index (χ2n) is 11.5. The highest BCUT2D eigenvalue weighted by atomic mass is 16.6. The number of esters is 2. The first-order chi connectivity index (χ1) is 16.7. The Morgan fingerprint density at radius 2 is 1.58 bits per heavy atom. The molecule has 8 nitrogen and oxygen atoms in total. The molecule has 0 unspecified atom stereocenters. The number of cyclic esters (lactones) is 1. The molecule has 8 heteroatoms. The zero-order chi connectivity index (χ0) is 27.6. The number of fused-ring (bicyclic) bond motifs is 1. The Morgan fingerprint density at radius 3 is 2.11 bits per heavy atom. The number of carbonyl (C=O) groups excluding carboxylic acids is 5. The van der Waals surface area contributed by atoms with Gasteiger partial charge in [-0.05, 0) is 39.0 Å². The van der Waals surface area contributed by atoms with E-state index in [1.165, 1.54) is 6.92 Å². The Labute approximate surface area is 215 Å². The van der Waals surface area contributed by atoms with Crippen molar-refractivity contribution in [2.24, 2.45) is 46.8 Å². The summed E-state index contributed by atoms with van der Waals surface area (Å²) < 4.78 is 17.0.